The molecule has 1 saturated carbocycles. The minimum atomic E-state index is 0.323. The van der Waals surface area contributed by atoms with Crippen LogP contribution in [0.2, 0.25) is 0 Å². The summed E-state index contributed by atoms with van der Waals surface area (Å²) >= 11 is 8.08. The van der Waals surface area contributed by atoms with Gasteiger partial charge in [0.2, 0.25) is 0 Å². The van der Waals surface area contributed by atoms with Crippen LogP contribution in [0.1, 0.15) is 30.7 Å². The zero-order chi connectivity index (χ0) is 10.7. The van der Waals surface area contributed by atoms with Crippen LogP contribution in [-0.2, 0) is 6.54 Å². The Morgan fingerprint density at radius 3 is 3.00 bits per heavy atom. The van der Waals surface area contributed by atoms with E-state index in [4.69, 9.17) is 11.6 Å². The first kappa shape index (κ1) is 11.4. The maximum Gasteiger partial charge on any atom is 0.107 e. The van der Waals surface area contributed by atoms with E-state index in [2.05, 4.69) is 16.9 Å². The van der Waals surface area contributed by atoms with Gasteiger partial charge in [-0.25, -0.2) is 4.98 Å². The first-order valence-electron chi connectivity index (χ1n) is 5.50. The van der Waals surface area contributed by atoms with Gasteiger partial charge in [0.15, 0.2) is 0 Å². The van der Waals surface area contributed by atoms with E-state index in [0.29, 0.717) is 11.4 Å². The normalized spacial score (nSPS) is 27.1. The monoisotopic (exact) mass is 244 g/mol. The number of aromatic nitrogens is 1. The van der Waals surface area contributed by atoms with Gasteiger partial charge in [-0.05, 0) is 19.9 Å². The fourth-order valence-corrected chi connectivity index (χ4v) is 3.38. The molecule has 0 amide bonds. The Morgan fingerprint density at radius 1 is 1.53 bits per heavy atom. The lowest BCUT2D eigenvalue weighted by Gasteiger charge is -2.34. The summed E-state index contributed by atoms with van der Waals surface area (Å²) in [5.74, 6) is 0. The van der Waals surface area contributed by atoms with Crippen molar-refractivity contribution in [2.45, 2.75) is 43.6 Å². The maximum atomic E-state index is 6.36. The third-order valence-electron chi connectivity index (χ3n) is 3.08. The Labute approximate surface area is 100 Å². The van der Waals surface area contributed by atoms with E-state index in [0.717, 1.165) is 13.0 Å². The molecule has 1 fully saturated rings. The highest BCUT2D eigenvalue weighted by Crippen LogP contribution is 2.27. The van der Waals surface area contributed by atoms with Crippen LogP contribution in [0.4, 0.5) is 0 Å². The smallest absolute Gasteiger partial charge is 0.107 e. The zero-order valence-corrected chi connectivity index (χ0v) is 10.6. The first-order chi connectivity index (χ1) is 7.27. The zero-order valence-electron chi connectivity index (χ0n) is 9.03. The molecule has 1 aromatic rings. The van der Waals surface area contributed by atoms with E-state index in [1.165, 1.54) is 24.3 Å². The predicted molar refractivity (Wildman–Crippen MR) is 65.5 cm³/mol. The highest BCUT2D eigenvalue weighted by Gasteiger charge is 2.26. The predicted octanol–water partition coefficient (Wildman–Crippen LogP) is 3.12. The minimum absolute atomic E-state index is 0.323. The summed E-state index contributed by atoms with van der Waals surface area (Å²) in [5, 5.41) is 3.54. The molecule has 0 saturated heterocycles. The second-order valence-corrected chi connectivity index (χ2v) is 5.75. The van der Waals surface area contributed by atoms with Crippen LogP contribution in [0.5, 0.6) is 0 Å². The average Bonchev–Trinajstić information content (AvgIpc) is 2.71. The SMILES string of the molecule is CN(Cc1nccs1)C1CCCCC1Cl. The third-order valence-corrected chi connectivity index (χ3v) is 4.36. The lowest BCUT2D eigenvalue weighted by Crippen LogP contribution is -2.40. The van der Waals surface area contributed by atoms with Crippen LogP contribution >= 0.6 is 22.9 Å². The molecule has 2 rings (SSSR count). The topological polar surface area (TPSA) is 16.1 Å². The van der Waals surface area contributed by atoms with E-state index < -0.39 is 0 Å². The molecule has 2 atom stereocenters. The lowest BCUT2D eigenvalue weighted by molar-refractivity contribution is 0.188. The Morgan fingerprint density at radius 2 is 2.33 bits per heavy atom. The van der Waals surface area contributed by atoms with E-state index in [-0.39, 0.29) is 0 Å². The Bertz CT molecular complexity index is 289. The van der Waals surface area contributed by atoms with Crippen molar-refractivity contribution < 1.29 is 0 Å². The summed E-state index contributed by atoms with van der Waals surface area (Å²) in [5.41, 5.74) is 0. The van der Waals surface area contributed by atoms with Gasteiger partial charge in [0.1, 0.15) is 5.01 Å². The Balaban J connectivity index is 1.91. The maximum absolute atomic E-state index is 6.36. The second-order valence-electron chi connectivity index (χ2n) is 4.21. The summed E-state index contributed by atoms with van der Waals surface area (Å²) < 4.78 is 0. The molecule has 1 heterocycles. The van der Waals surface area contributed by atoms with E-state index in [9.17, 15) is 0 Å². The van der Waals surface area contributed by atoms with Crippen LogP contribution in [0.15, 0.2) is 11.6 Å². The second kappa shape index (κ2) is 5.28. The molecule has 0 aromatic carbocycles. The van der Waals surface area contributed by atoms with Gasteiger partial charge in [-0.1, -0.05) is 12.8 Å². The molecule has 0 N–H and O–H groups in total. The van der Waals surface area contributed by atoms with Gasteiger partial charge < -0.3 is 0 Å². The van der Waals surface area contributed by atoms with Crippen molar-refractivity contribution >= 4 is 22.9 Å². The molecule has 0 radical (unpaired) electrons. The van der Waals surface area contributed by atoms with Gasteiger partial charge in [0.25, 0.3) is 0 Å². The molecule has 15 heavy (non-hydrogen) atoms. The summed E-state index contributed by atoms with van der Waals surface area (Å²) in [4.78, 5) is 6.67. The molecule has 0 aliphatic heterocycles. The van der Waals surface area contributed by atoms with Gasteiger partial charge in [-0.15, -0.1) is 22.9 Å². The largest absolute Gasteiger partial charge is 0.295 e. The molecule has 0 bridgehead atoms. The van der Waals surface area contributed by atoms with E-state index in [1.54, 1.807) is 11.3 Å². The van der Waals surface area contributed by atoms with Crippen LogP contribution < -0.4 is 0 Å². The standard InChI is InChI=1S/C11H17ClN2S/c1-14(8-11-13-6-7-15-11)10-5-3-2-4-9(10)12/h6-7,9-10H,2-5,8H2,1H3. The van der Waals surface area contributed by atoms with Crippen molar-refractivity contribution in [1.29, 1.82) is 0 Å². The number of alkyl halides is 1. The fourth-order valence-electron chi connectivity index (χ4n) is 2.22. The quantitative estimate of drug-likeness (QED) is 0.760. The Hall–Kier alpha value is -0.120. The van der Waals surface area contributed by atoms with Gasteiger partial charge >= 0.3 is 0 Å². The van der Waals surface area contributed by atoms with E-state index >= 15 is 0 Å². The number of halogens is 1. The van der Waals surface area contributed by atoms with Crippen molar-refractivity contribution in [2.24, 2.45) is 0 Å². The molecule has 4 heteroatoms. The van der Waals surface area contributed by atoms with Crippen LogP contribution in [0.25, 0.3) is 0 Å². The van der Waals surface area contributed by atoms with Crippen LogP contribution in [0.3, 0.4) is 0 Å². The van der Waals surface area contributed by atoms with Gasteiger partial charge in [-0.2, -0.15) is 0 Å². The van der Waals surface area contributed by atoms with Gasteiger partial charge in [0, 0.05) is 23.0 Å². The van der Waals surface area contributed by atoms with Crippen molar-refractivity contribution in [3.8, 4) is 0 Å². The Kier molecular flexibility index (Phi) is 4.00. The number of thiazole rings is 1. The summed E-state index contributed by atoms with van der Waals surface area (Å²) in [6, 6.07) is 0.532. The van der Waals surface area contributed by atoms with E-state index in [1.807, 2.05) is 11.6 Å². The lowest BCUT2D eigenvalue weighted by atomic mass is 9.94. The number of nitrogens with zero attached hydrogens (tertiary/aromatic N) is 2. The summed E-state index contributed by atoms with van der Waals surface area (Å²) in [6.07, 6.45) is 6.86. The molecule has 2 unspecified atom stereocenters. The molecular formula is C11H17ClN2S. The minimum Gasteiger partial charge on any atom is -0.295 e. The molecular weight excluding hydrogens is 228 g/mol. The molecule has 2 nitrogen and oxygen atoms in total. The highest BCUT2D eigenvalue weighted by molar-refractivity contribution is 7.09. The highest BCUT2D eigenvalue weighted by atomic mass is 35.5. The number of rotatable bonds is 3. The van der Waals surface area contributed by atoms with Crippen molar-refractivity contribution in [2.75, 3.05) is 7.05 Å². The van der Waals surface area contributed by atoms with Crippen LogP contribution in [0, 0.1) is 0 Å². The number of hydrogen-bond donors (Lipinski definition) is 0. The van der Waals surface area contributed by atoms with Crippen LogP contribution in [-0.4, -0.2) is 28.4 Å². The van der Waals surface area contributed by atoms with Crippen molar-refractivity contribution in [3.05, 3.63) is 16.6 Å². The van der Waals surface area contributed by atoms with Crippen molar-refractivity contribution in [3.63, 3.8) is 0 Å². The summed E-state index contributed by atoms with van der Waals surface area (Å²) in [7, 11) is 2.16. The molecule has 84 valence electrons. The number of hydrogen-bond acceptors (Lipinski definition) is 3. The molecule has 1 aliphatic rings. The molecule has 1 aliphatic carbocycles. The first-order valence-corrected chi connectivity index (χ1v) is 6.81. The van der Waals surface area contributed by atoms with Crippen molar-refractivity contribution in [1.82, 2.24) is 9.88 Å². The van der Waals surface area contributed by atoms with Gasteiger partial charge in [-0.3, -0.25) is 4.90 Å². The summed E-state index contributed by atoms with van der Waals surface area (Å²) in [6.45, 7) is 0.936. The van der Waals surface area contributed by atoms with Gasteiger partial charge in [0.05, 0.1) is 6.54 Å². The fraction of sp³-hybridized carbons (Fsp3) is 0.727. The average molecular weight is 245 g/mol. The molecule has 1 aromatic heterocycles. The third kappa shape index (κ3) is 2.92. The molecule has 0 spiro atoms.